The topological polar surface area (TPSA) is 23.6 Å². The number of rotatable bonds is 2. The monoisotopic (exact) mass is 344 g/mol. The van der Waals surface area contributed by atoms with Crippen LogP contribution in [0.1, 0.15) is 15.9 Å². The fraction of sp³-hybridized carbons (Fsp3) is 0.462. The minimum absolute atomic E-state index is 0.154. The number of likely N-dealkylation sites (tertiary alicyclic amines) is 1. The predicted octanol–water partition coefficient (Wildman–Crippen LogP) is 1.99. The Hall–Kier alpha value is -0.620. The molecule has 0 radical (unpaired) electrons. The number of nitrogens with zero attached hydrogens (tertiary/aromatic N) is 2. The van der Waals surface area contributed by atoms with Crippen LogP contribution in [0.2, 0.25) is 0 Å². The summed E-state index contributed by atoms with van der Waals surface area (Å²) in [5, 5.41) is 0. The van der Waals surface area contributed by atoms with Crippen LogP contribution in [0.15, 0.2) is 18.2 Å². The lowest BCUT2D eigenvalue weighted by Crippen LogP contribution is -2.59. The highest BCUT2D eigenvalue weighted by atomic mass is 127. The third kappa shape index (κ3) is 2.63. The molecule has 2 rings (SSSR count). The van der Waals surface area contributed by atoms with Gasteiger partial charge in [-0.1, -0.05) is 6.07 Å². The molecule has 1 aliphatic heterocycles. The van der Waals surface area contributed by atoms with Crippen molar-refractivity contribution in [1.82, 2.24) is 9.80 Å². The lowest BCUT2D eigenvalue weighted by atomic mass is 10.1. The van der Waals surface area contributed by atoms with Gasteiger partial charge in [-0.25, -0.2) is 0 Å². The first-order valence-corrected chi connectivity index (χ1v) is 6.79. The second-order valence-electron chi connectivity index (χ2n) is 4.79. The summed E-state index contributed by atoms with van der Waals surface area (Å²) in [5.41, 5.74) is 2.02. The number of carbonyl (C=O) groups is 1. The maximum absolute atomic E-state index is 12.2. The van der Waals surface area contributed by atoms with E-state index in [-0.39, 0.29) is 5.91 Å². The van der Waals surface area contributed by atoms with Gasteiger partial charge in [0.05, 0.1) is 0 Å². The molecule has 0 saturated carbocycles. The Kier molecular flexibility index (Phi) is 3.73. The van der Waals surface area contributed by atoms with E-state index in [2.05, 4.69) is 48.5 Å². The standard InChI is InChI=1S/C13H17IN2O/c1-9-4-5-10(6-12(9)14)13(17)16-7-11(8-16)15(2)3/h4-6,11H,7-8H2,1-3H3. The first-order chi connectivity index (χ1) is 7.99. The van der Waals surface area contributed by atoms with Gasteiger partial charge in [0.2, 0.25) is 0 Å². The second-order valence-corrected chi connectivity index (χ2v) is 5.95. The van der Waals surface area contributed by atoms with Crippen molar-refractivity contribution in [3.63, 3.8) is 0 Å². The quantitative estimate of drug-likeness (QED) is 0.766. The highest BCUT2D eigenvalue weighted by molar-refractivity contribution is 14.1. The first-order valence-electron chi connectivity index (χ1n) is 5.71. The van der Waals surface area contributed by atoms with Crippen molar-refractivity contribution in [1.29, 1.82) is 0 Å². The summed E-state index contributed by atoms with van der Waals surface area (Å²) >= 11 is 2.27. The van der Waals surface area contributed by atoms with Crippen molar-refractivity contribution in [2.45, 2.75) is 13.0 Å². The summed E-state index contributed by atoms with van der Waals surface area (Å²) in [6.45, 7) is 3.74. The summed E-state index contributed by atoms with van der Waals surface area (Å²) in [6, 6.07) is 6.42. The Morgan fingerprint density at radius 3 is 2.59 bits per heavy atom. The van der Waals surface area contributed by atoms with Crippen LogP contribution < -0.4 is 0 Å². The molecule has 1 aliphatic rings. The van der Waals surface area contributed by atoms with Crippen molar-refractivity contribution in [3.8, 4) is 0 Å². The van der Waals surface area contributed by atoms with Gasteiger partial charge in [-0.2, -0.15) is 0 Å². The van der Waals surface area contributed by atoms with Gasteiger partial charge in [0, 0.05) is 28.3 Å². The van der Waals surface area contributed by atoms with E-state index in [1.54, 1.807) is 0 Å². The number of aryl methyl sites for hydroxylation is 1. The second kappa shape index (κ2) is 4.94. The van der Waals surface area contributed by atoms with E-state index >= 15 is 0 Å². The van der Waals surface area contributed by atoms with Crippen molar-refractivity contribution in [2.24, 2.45) is 0 Å². The Morgan fingerprint density at radius 1 is 1.41 bits per heavy atom. The van der Waals surface area contributed by atoms with E-state index in [0.717, 1.165) is 22.2 Å². The van der Waals surface area contributed by atoms with Gasteiger partial charge < -0.3 is 9.80 Å². The zero-order valence-electron chi connectivity index (χ0n) is 10.4. The van der Waals surface area contributed by atoms with Gasteiger partial charge in [0.25, 0.3) is 5.91 Å². The van der Waals surface area contributed by atoms with Gasteiger partial charge in [-0.15, -0.1) is 0 Å². The Labute approximate surface area is 116 Å². The fourth-order valence-electron chi connectivity index (χ4n) is 1.86. The van der Waals surface area contributed by atoms with Crippen molar-refractivity contribution in [2.75, 3.05) is 27.2 Å². The minimum atomic E-state index is 0.154. The van der Waals surface area contributed by atoms with Gasteiger partial charge in [-0.05, 0) is 61.3 Å². The molecule has 1 heterocycles. The van der Waals surface area contributed by atoms with Crippen LogP contribution in [0.3, 0.4) is 0 Å². The summed E-state index contributed by atoms with van der Waals surface area (Å²) in [5.74, 6) is 0.154. The molecule has 0 spiro atoms. The molecule has 0 atom stereocenters. The molecule has 17 heavy (non-hydrogen) atoms. The lowest BCUT2D eigenvalue weighted by molar-refractivity contribution is 0.0399. The Balaban J connectivity index is 2.04. The van der Waals surface area contributed by atoms with Crippen molar-refractivity contribution >= 4 is 28.5 Å². The van der Waals surface area contributed by atoms with Crippen molar-refractivity contribution < 1.29 is 4.79 Å². The molecule has 4 heteroatoms. The normalized spacial score (nSPS) is 16.2. The van der Waals surface area contributed by atoms with Crippen molar-refractivity contribution in [3.05, 3.63) is 32.9 Å². The van der Waals surface area contributed by atoms with Crippen LogP contribution in [0.5, 0.6) is 0 Å². The molecule has 1 amide bonds. The maximum Gasteiger partial charge on any atom is 0.253 e. The van der Waals surface area contributed by atoms with Crippen LogP contribution in [0.4, 0.5) is 0 Å². The van der Waals surface area contributed by atoms with E-state index in [4.69, 9.17) is 0 Å². The Bertz CT molecular complexity index is 439. The molecule has 92 valence electrons. The van der Waals surface area contributed by atoms with E-state index in [1.807, 2.05) is 23.1 Å². The van der Waals surface area contributed by atoms with E-state index < -0.39 is 0 Å². The molecule has 1 saturated heterocycles. The summed E-state index contributed by atoms with van der Waals surface area (Å²) in [4.78, 5) is 16.2. The molecule has 0 aliphatic carbocycles. The van der Waals surface area contributed by atoms with Crippen LogP contribution >= 0.6 is 22.6 Å². The number of halogens is 1. The highest BCUT2D eigenvalue weighted by Crippen LogP contribution is 2.19. The molecular formula is C13H17IN2O. The number of benzene rings is 1. The van der Waals surface area contributed by atoms with Crippen LogP contribution in [0.25, 0.3) is 0 Å². The SMILES string of the molecule is Cc1ccc(C(=O)N2CC(N(C)C)C2)cc1I. The van der Waals surface area contributed by atoms with Crippen LogP contribution in [-0.2, 0) is 0 Å². The maximum atomic E-state index is 12.2. The highest BCUT2D eigenvalue weighted by Gasteiger charge is 2.32. The minimum Gasteiger partial charge on any atom is -0.335 e. The summed E-state index contributed by atoms with van der Waals surface area (Å²) < 4.78 is 1.15. The number of amides is 1. The van der Waals surface area contributed by atoms with Gasteiger partial charge in [0.15, 0.2) is 0 Å². The summed E-state index contributed by atoms with van der Waals surface area (Å²) in [7, 11) is 4.11. The molecule has 0 N–H and O–H groups in total. The smallest absolute Gasteiger partial charge is 0.253 e. The molecule has 1 aromatic carbocycles. The van der Waals surface area contributed by atoms with E-state index in [1.165, 1.54) is 5.56 Å². The molecular weight excluding hydrogens is 327 g/mol. The third-order valence-corrected chi connectivity index (χ3v) is 4.46. The molecule has 0 unspecified atom stereocenters. The average Bonchev–Trinajstić information content (AvgIpc) is 2.19. The zero-order valence-corrected chi connectivity index (χ0v) is 12.6. The largest absolute Gasteiger partial charge is 0.335 e. The number of hydrogen-bond acceptors (Lipinski definition) is 2. The summed E-state index contributed by atoms with van der Waals surface area (Å²) in [6.07, 6.45) is 0. The third-order valence-electron chi connectivity index (χ3n) is 3.30. The van der Waals surface area contributed by atoms with Gasteiger partial charge >= 0.3 is 0 Å². The number of carbonyl (C=O) groups excluding carboxylic acids is 1. The van der Waals surface area contributed by atoms with Crippen LogP contribution in [-0.4, -0.2) is 48.9 Å². The zero-order chi connectivity index (χ0) is 12.6. The van der Waals surface area contributed by atoms with Gasteiger partial charge in [0.1, 0.15) is 0 Å². The number of likely N-dealkylation sites (N-methyl/N-ethyl adjacent to an activating group) is 1. The lowest BCUT2D eigenvalue weighted by Gasteiger charge is -2.42. The average molecular weight is 344 g/mol. The molecule has 3 nitrogen and oxygen atoms in total. The van der Waals surface area contributed by atoms with E-state index in [0.29, 0.717) is 6.04 Å². The van der Waals surface area contributed by atoms with Gasteiger partial charge in [-0.3, -0.25) is 4.79 Å². The molecule has 0 aromatic heterocycles. The predicted molar refractivity (Wildman–Crippen MR) is 77.3 cm³/mol. The molecule has 0 bridgehead atoms. The van der Waals surface area contributed by atoms with E-state index in [9.17, 15) is 4.79 Å². The fourth-order valence-corrected chi connectivity index (χ4v) is 2.37. The number of hydrogen-bond donors (Lipinski definition) is 0. The molecule has 1 aromatic rings. The Morgan fingerprint density at radius 2 is 2.06 bits per heavy atom. The van der Waals surface area contributed by atoms with Crippen LogP contribution in [0, 0.1) is 10.5 Å². The first kappa shape index (κ1) is 12.8. The molecule has 1 fully saturated rings.